The topological polar surface area (TPSA) is 192 Å². The first-order chi connectivity index (χ1) is 29.5. The minimum atomic E-state index is -0.827. The standard InChI is InChI=1S/C48H44N6O6S/c1-28-21-30(9-5-4-6-20-50-27-42(56)36-15-18-41(55)46-37(36)16-19-43(57)54-46)14-17-40(28)53-48(59)31-10-7-13-34(23-31)61-35-22-29(2)44-38(25-35)45(39(26-51-44)47(49)58)52-32-11-8-12-33(24-32)60-3/h7-8,10-19,21-26,42,50,55-56H,4,6,20,27H2,1-3H3,(H2,49,58)(H,51,52)(H,53,59)(H,54,57). The van der Waals surface area contributed by atoms with E-state index in [1.165, 1.54) is 30.1 Å². The number of aromatic nitrogens is 2. The molecule has 308 valence electrons. The van der Waals surface area contributed by atoms with Gasteiger partial charge < -0.3 is 41.6 Å². The number of nitrogens with zero attached hydrogens (tertiary/aromatic N) is 1. The molecule has 0 fully saturated rings. The number of methoxy groups -OCH3 is 1. The third kappa shape index (κ3) is 10.0. The second kappa shape index (κ2) is 18.9. The monoisotopic (exact) mass is 832 g/mol. The number of primary amides is 1. The van der Waals surface area contributed by atoms with Crippen LogP contribution in [0.15, 0.2) is 124 Å². The SMILES string of the molecule is COc1cccc(Nc2c(C(N)=O)cnc3c(C)cc(Sc4cccc(C(=O)Nc5ccc(C#CCCCNCC(O)c6ccc(O)c7[nH]c(=O)ccc67)cc5C)c4)cc23)c1. The molecule has 7 rings (SSSR count). The summed E-state index contributed by atoms with van der Waals surface area (Å²) in [6, 6.07) is 30.5. The van der Waals surface area contributed by atoms with Crippen LogP contribution in [-0.2, 0) is 0 Å². The molecule has 5 aromatic carbocycles. The Morgan fingerprint density at radius 3 is 2.57 bits per heavy atom. The number of phenols is 1. The van der Waals surface area contributed by atoms with E-state index < -0.39 is 12.0 Å². The Morgan fingerprint density at radius 2 is 1.77 bits per heavy atom. The molecule has 0 radical (unpaired) electrons. The number of pyridine rings is 2. The molecule has 0 aliphatic carbocycles. The van der Waals surface area contributed by atoms with Crippen LogP contribution in [0.25, 0.3) is 21.8 Å². The van der Waals surface area contributed by atoms with Crippen molar-refractivity contribution in [3.05, 3.63) is 153 Å². The zero-order valence-electron chi connectivity index (χ0n) is 33.8. The molecule has 0 aliphatic heterocycles. The number of benzene rings is 5. The van der Waals surface area contributed by atoms with Crippen molar-refractivity contribution in [2.75, 3.05) is 30.8 Å². The summed E-state index contributed by atoms with van der Waals surface area (Å²) in [5, 5.41) is 31.8. The van der Waals surface area contributed by atoms with Gasteiger partial charge in [-0.05, 0) is 116 Å². The number of aliphatic hydroxyl groups excluding tert-OH is 1. The van der Waals surface area contributed by atoms with E-state index in [0.29, 0.717) is 58.7 Å². The molecule has 0 saturated heterocycles. The number of fused-ring (bicyclic) bond motifs is 2. The lowest BCUT2D eigenvalue weighted by molar-refractivity contribution is 0.0998. The molecule has 61 heavy (non-hydrogen) atoms. The van der Waals surface area contributed by atoms with Gasteiger partial charge in [-0.1, -0.05) is 41.8 Å². The molecule has 0 spiro atoms. The summed E-state index contributed by atoms with van der Waals surface area (Å²) in [5.41, 5.74) is 12.4. The largest absolute Gasteiger partial charge is 0.506 e. The molecule has 2 heterocycles. The van der Waals surface area contributed by atoms with Crippen LogP contribution in [0.4, 0.5) is 17.1 Å². The van der Waals surface area contributed by atoms with Crippen molar-refractivity contribution in [2.24, 2.45) is 5.73 Å². The zero-order chi connectivity index (χ0) is 43.0. The number of amides is 2. The van der Waals surface area contributed by atoms with Crippen LogP contribution in [0.3, 0.4) is 0 Å². The lowest BCUT2D eigenvalue weighted by atomic mass is 10.0. The highest BCUT2D eigenvalue weighted by Gasteiger charge is 2.18. The summed E-state index contributed by atoms with van der Waals surface area (Å²) in [7, 11) is 1.59. The number of rotatable bonds is 14. The van der Waals surface area contributed by atoms with E-state index in [9.17, 15) is 24.6 Å². The van der Waals surface area contributed by atoms with Gasteiger partial charge in [-0.15, -0.1) is 0 Å². The van der Waals surface area contributed by atoms with Crippen molar-refractivity contribution in [3.8, 4) is 23.3 Å². The van der Waals surface area contributed by atoms with Gasteiger partial charge in [0.05, 0.1) is 35.5 Å². The van der Waals surface area contributed by atoms with Crippen molar-refractivity contribution in [1.82, 2.24) is 15.3 Å². The number of aromatic hydroxyl groups is 1. The van der Waals surface area contributed by atoms with Gasteiger partial charge in [-0.3, -0.25) is 19.4 Å². The lowest BCUT2D eigenvalue weighted by Gasteiger charge is -2.16. The number of carbonyl (C=O) groups excluding carboxylic acids is 2. The number of hydrogen-bond acceptors (Lipinski definition) is 10. The average molecular weight is 833 g/mol. The van der Waals surface area contributed by atoms with Gasteiger partial charge >= 0.3 is 0 Å². The van der Waals surface area contributed by atoms with Gasteiger partial charge in [0.15, 0.2) is 0 Å². The molecule has 8 N–H and O–H groups in total. The number of nitrogens with two attached hydrogens (primary N) is 1. The van der Waals surface area contributed by atoms with Crippen LogP contribution >= 0.6 is 11.8 Å². The highest BCUT2D eigenvalue weighted by atomic mass is 32.2. The fourth-order valence-corrected chi connectivity index (χ4v) is 7.97. The molecule has 1 unspecified atom stereocenters. The quantitative estimate of drug-likeness (QED) is 0.0416. The van der Waals surface area contributed by atoms with E-state index in [1.54, 1.807) is 25.3 Å². The number of hydrogen-bond donors (Lipinski definition) is 7. The van der Waals surface area contributed by atoms with E-state index in [4.69, 9.17) is 10.5 Å². The minimum Gasteiger partial charge on any atom is -0.506 e. The maximum absolute atomic E-state index is 13.5. The molecular formula is C48H44N6O6S. The fraction of sp³-hybridized carbons (Fsp3) is 0.167. The number of anilines is 3. The summed E-state index contributed by atoms with van der Waals surface area (Å²) in [4.78, 5) is 46.6. The molecule has 2 amide bonds. The number of carbonyl (C=O) groups is 2. The van der Waals surface area contributed by atoms with Crippen LogP contribution in [0.1, 0.15) is 61.9 Å². The molecule has 0 aliphatic rings. The molecule has 0 bridgehead atoms. The first-order valence-corrected chi connectivity index (χ1v) is 20.4. The molecule has 1 atom stereocenters. The number of aliphatic hydroxyl groups is 1. The number of unbranched alkanes of at least 4 members (excludes halogenated alkanes) is 1. The summed E-state index contributed by atoms with van der Waals surface area (Å²) < 4.78 is 5.39. The van der Waals surface area contributed by atoms with Gasteiger partial charge in [0.2, 0.25) is 5.56 Å². The van der Waals surface area contributed by atoms with Crippen molar-refractivity contribution in [1.29, 1.82) is 0 Å². The lowest BCUT2D eigenvalue weighted by Crippen LogP contribution is -2.22. The van der Waals surface area contributed by atoms with E-state index in [0.717, 1.165) is 49.5 Å². The maximum Gasteiger partial charge on any atom is 0.255 e. The van der Waals surface area contributed by atoms with E-state index in [2.05, 4.69) is 37.8 Å². The Morgan fingerprint density at radius 1 is 0.934 bits per heavy atom. The zero-order valence-corrected chi connectivity index (χ0v) is 34.6. The van der Waals surface area contributed by atoms with Crippen molar-refractivity contribution >= 4 is 62.4 Å². The molecule has 0 saturated carbocycles. The third-order valence-electron chi connectivity index (χ3n) is 10.0. The number of ether oxygens (including phenoxy) is 1. The summed E-state index contributed by atoms with van der Waals surface area (Å²) in [5.74, 6) is 6.16. The van der Waals surface area contributed by atoms with Crippen LogP contribution in [-0.4, -0.2) is 52.2 Å². The molecule has 2 aromatic heterocycles. The number of H-pyrrole nitrogens is 1. The van der Waals surface area contributed by atoms with Crippen LogP contribution in [0, 0.1) is 25.7 Å². The summed E-state index contributed by atoms with van der Waals surface area (Å²) in [6.45, 7) is 4.83. The summed E-state index contributed by atoms with van der Waals surface area (Å²) in [6.07, 6.45) is 2.08. The highest BCUT2D eigenvalue weighted by molar-refractivity contribution is 7.99. The number of aryl methyl sites for hydroxylation is 2. The number of aromatic amines is 1. The van der Waals surface area contributed by atoms with Crippen molar-refractivity contribution in [3.63, 3.8) is 0 Å². The van der Waals surface area contributed by atoms with Crippen LogP contribution in [0.5, 0.6) is 11.5 Å². The predicted octanol–water partition coefficient (Wildman–Crippen LogP) is 8.11. The Kier molecular flexibility index (Phi) is 13.0. The third-order valence-corrected chi connectivity index (χ3v) is 11.0. The van der Waals surface area contributed by atoms with Gasteiger partial charge in [-0.2, -0.15) is 0 Å². The second-order valence-electron chi connectivity index (χ2n) is 14.4. The Labute approximate surface area is 356 Å². The average Bonchev–Trinajstić information content (AvgIpc) is 3.24. The van der Waals surface area contributed by atoms with Crippen molar-refractivity contribution in [2.45, 2.75) is 42.6 Å². The van der Waals surface area contributed by atoms with Gasteiger partial charge in [0.25, 0.3) is 11.8 Å². The van der Waals surface area contributed by atoms with Gasteiger partial charge in [0.1, 0.15) is 11.5 Å². The number of nitrogens with one attached hydrogen (secondary N) is 4. The Hall–Kier alpha value is -7.11. The molecule has 13 heteroatoms. The van der Waals surface area contributed by atoms with Crippen LogP contribution < -0.4 is 32.0 Å². The first-order valence-electron chi connectivity index (χ1n) is 19.5. The molecule has 12 nitrogen and oxygen atoms in total. The van der Waals surface area contributed by atoms with Crippen LogP contribution in [0.2, 0.25) is 0 Å². The minimum absolute atomic E-state index is 0.0481. The predicted molar refractivity (Wildman–Crippen MR) is 241 cm³/mol. The molecular weight excluding hydrogens is 789 g/mol. The first kappa shape index (κ1) is 42.0. The maximum atomic E-state index is 13.5. The van der Waals surface area contributed by atoms with Gasteiger partial charge in [0, 0.05) is 74.4 Å². The Balaban J connectivity index is 0.955. The van der Waals surface area contributed by atoms with E-state index in [1.807, 2.05) is 86.6 Å². The second-order valence-corrected chi connectivity index (χ2v) is 15.6. The normalized spacial score (nSPS) is 11.5. The summed E-state index contributed by atoms with van der Waals surface area (Å²) >= 11 is 1.49. The molecule has 7 aromatic rings. The smallest absolute Gasteiger partial charge is 0.255 e. The van der Waals surface area contributed by atoms with Gasteiger partial charge in [-0.25, -0.2) is 0 Å². The Bertz CT molecular complexity index is 2920. The van der Waals surface area contributed by atoms with Crippen molar-refractivity contribution < 1.29 is 24.5 Å². The highest BCUT2D eigenvalue weighted by Crippen LogP contribution is 2.37. The number of phenolic OH excluding ortho intramolecular Hbond substituents is 1. The van der Waals surface area contributed by atoms with E-state index >= 15 is 0 Å². The fourth-order valence-electron chi connectivity index (χ4n) is 6.95. The van der Waals surface area contributed by atoms with E-state index in [-0.39, 0.29) is 22.8 Å².